The van der Waals surface area contributed by atoms with Crippen LogP contribution in [-0.2, 0) is 0 Å². The van der Waals surface area contributed by atoms with E-state index in [1.165, 1.54) is 11.1 Å². The Morgan fingerprint density at radius 3 is 2.79 bits per heavy atom. The zero-order chi connectivity index (χ0) is 20.1. The minimum absolute atomic E-state index is 0.0187. The van der Waals surface area contributed by atoms with Gasteiger partial charge >= 0.3 is 0 Å². The van der Waals surface area contributed by atoms with Crippen molar-refractivity contribution in [3.05, 3.63) is 64.7 Å². The minimum atomic E-state index is -0.0187. The summed E-state index contributed by atoms with van der Waals surface area (Å²) in [5.41, 5.74) is 6.13. The smallest absolute Gasteiger partial charge is 0.289 e. The number of nitrogens with one attached hydrogen (secondary N) is 1. The van der Waals surface area contributed by atoms with Gasteiger partial charge < -0.3 is 14.3 Å². The second kappa shape index (κ2) is 6.76. The molecule has 0 spiro atoms. The SMILES string of the molecule is Cc1cc2oc(C(=O)N3CCCC(c4nc5ccccc5[nH]4)C3)c(C)c2cc1C. The lowest BCUT2D eigenvalue weighted by atomic mass is 9.97. The highest BCUT2D eigenvalue weighted by atomic mass is 16.3. The number of nitrogens with zero attached hydrogens (tertiary/aromatic N) is 2. The molecule has 1 aliphatic heterocycles. The molecule has 0 aliphatic carbocycles. The fourth-order valence-corrected chi connectivity index (χ4v) is 4.37. The Hall–Kier alpha value is -3.08. The van der Waals surface area contributed by atoms with E-state index in [0.29, 0.717) is 12.3 Å². The maximum Gasteiger partial charge on any atom is 0.289 e. The number of hydrogen-bond donors (Lipinski definition) is 1. The quantitative estimate of drug-likeness (QED) is 0.511. The van der Waals surface area contributed by atoms with E-state index in [1.54, 1.807) is 0 Å². The van der Waals surface area contributed by atoms with Crippen LogP contribution in [0, 0.1) is 20.8 Å². The van der Waals surface area contributed by atoms with Gasteiger partial charge in [-0.15, -0.1) is 0 Å². The van der Waals surface area contributed by atoms with Crippen molar-refractivity contribution in [2.24, 2.45) is 0 Å². The number of piperidine rings is 1. The maximum absolute atomic E-state index is 13.3. The molecule has 0 saturated carbocycles. The molecule has 5 rings (SSSR count). The van der Waals surface area contributed by atoms with Crippen LogP contribution in [0.3, 0.4) is 0 Å². The van der Waals surface area contributed by atoms with Crippen molar-refractivity contribution in [2.45, 2.75) is 39.5 Å². The fraction of sp³-hybridized carbons (Fsp3) is 0.333. The zero-order valence-corrected chi connectivity index (χ0v) is 17.1. The molecule has 0 radical (unpaired) electrons. The first-order chi connectivity index (χ1) is 14.0. The van der Waals surface area contributed by atoms with Crippen LogP contribution in [0.15, 0.2) is 40.8 Å². The van der Waals surface area contributed by atoms with Gasteiger partial charge in [0.15, 0.2) is 5.76 Å². The standard InChI is InChI=1S/C24H25N3O2/c1-14-11-18-16(3)22(29-21(18)12-15(14)2)24(28)27-10-6-7-17(13-27)23-25-19-8-4-5-9-20(19)26-23/h4-5,8-9,11-12,17H,6-7,10,13H2,1-3H3,(H,25,26). The number of furan rings is 1. The first-order valence-corrected chi connectivity index (χ1v) is 10.3. The molecule has 1 atom stereocenters. The highest BCUT2D eigenvalue weighted by molar-refractivity contribution is 5.99. The van der Waals surface area contributed by atoms with Crippen LogP contribution in [0.5, 0.6) is 0 Å². The normalized spacial score (nSPS) is 17.3. The largest absolute Gasteiger partial charge is 0.451 e. The fourth-order valence-electron chi connectivity index (χ4n) is 4.37. The number of likely N-dealkylation sites (tertiary alicyclic amines) is 1. The Morgan fingerprint density at radius 2 is 1.97 bits per heavy atom. The van der Waals surface area contributed by atoms with E-state index in [-0.39, 0.29) is 11.8 Å². The third-order valence-electron chi connectivity index (χ3n) is 6.25. The van der Waals surface area contributed by atoms with Crippen molar-refractivity contribution >= 4 is 27.9 Å². The predicted molar refractivity (Wildman–Crippen MR) is 114 cm³/mol. The number of fused-ring (bicyclic) bond motifs is 2. The van der Waals surface area contributed by atoms with E-state index in [1.807, 2.05) is 42.2 Å². The molecule has 1 unspecified atom stereocenters. The summed E-state index contributed by atoms with van der Waals surface area (Å²) >= 11 is 0. The van der Waals surface area contributed by atoms with E-state index in [2.05, 4.69) is 24.9 Å². The summed E-state index contributed by atoms with van der Waals surface area (Å²) < 4.78 is 6.02. The molecule has 5 heteroatoms. The molecule has 1 amide bonds. The van der Waals surface area contributed by atoms with Crippen molar-refractivity contribution in [1.82, 2.24) is 14.9 Å². The van der Waals surface area contributed by atoms with E-state index < -0.39 is 0 Å². The molecule has 5 nitrogen and oxygen atoms in total. The number of para-hydroxylation sites is 2. The monoisotopic (exact) mass is 387 g/mol. The average Bonchev–Trinajstić information content (AvgIpc) is 3.30. The molecule has 148 valence electrons. The predicted octanol–water partition coefficient (Wildman–Crippen LogP) is 5.25. The van der Waals surface area contributed by atoms with E-state index in [9.17, 15) is 4.79 Å². The number of amides is 1. The van der Waals surface area contributed by atoms with Gasteiger partial charge in [-0.1, -0.05) is 12.1 Å². The molecule has 2 aromatic carbocycles. The summed E-state index contributed by atoms with van der Waals surface area (Å²) in [6, 6.07) is 12.2. The number of aryl methyl sites for hydroxylation is 3. The number of benzene rings is 2. The Kier molecular flexibility index (Phi) is 4.19. The number of H-pyrrole nitrogens is 1. The molecule has 3 heterocycles. The van der Waals surface area contributed by atoms with Crippen LogP contribution in [-0.4, -0.2) is 33.9 Å². The number of carbonyl (C=O) groups is 1. The summed E-state index contributed by atoms with van der Waals surface area (Å²) in [5, 5.41) is 1.03. The van der Waals surface area contributed by atoms with Gasteiger partial charge in [-0.05, 0) is 69.0 Å². The molecular formula is C24H25N3O2. The molecule has 2 aromatic heterocycles. The van der Waals surface area contributed by atoms with E-state index in [4.69, 9.17) is 9.40 Å². The van der Waals surface area contributed by atoms with Crippen LogP contribution in [0.4, 0.5) is 0 Å². The number of aromatic amines is 1. The van der Waals surface area contributed by atoms with Crippen LogP contribution in [0.25, 0.3) is 22.0 Å². The van der Waals surface area contributed by atoms with Gasteiger partial charge in [-0.2, -0.15) is 0 Å². The maximum atomic E-state index is 13.3. The lowest BCUT2D eigenvalue weighted by molar-refractivity contribution is 0.0674. The Balaban J connectivity index is 1.44. The number of imidazole rings is 1. The van der Waals surface area contributed by atoms with Crippen molar-refractivity contribution in [1.29, 1.82) is 0 Å². The van der Waals surface area contributed by atoms with Crippen molar-refractivity contribution in [2.75, 3.05) is 13.1 Å². The first-order valence-electron chi connectivity index (χ1n) is 10.3. The molecular weight excluding hydrogens is 362 g/mol. The molecule has 4 aromatic rings. The topological polar surface area (TPSA) is 62.1 Å². The van der Waals surface area contributed by atoms with Crippen LogP contribution >= 0.6 is 0 Å². The van der Waals surface area contributed by atoms with E-state index in [0.717, 1.165) is 52.8 Å². The molecule has 1 fully saturated rings. The highest BCUT2D eigenvalue weighted by Crippen LogP contribution is 2.31. The van der Waals surface area contributed by atoms with Crippen LogP contribution in [0.1, 0.15) is 51.8 Å². The molecule has 1 saturated heterocycles. The molecule has 29 heavy (non-hydrogen) atoms. The summed E-state index contributed by atoms with van der Waals surface area (Å²) in [5.74, 6) is 1.63. The second-order valence-corrected chi connectivity index (χ2v) is 8.22. The summed E-state index contributed by atoms with van der Waals surface area (Å²) in [4.78, 5) is 23.4. The summed E-state index contributed by atoms with van der Waals surface area (Å²) in [6.45, 7) is 7.55. The Bertz CT molecular complexity index is 1200. The minimum Gasteiger partial charge on any atom is -0.451 e. The number of rotatable bonds is 2. The molecule has 0 bridgehead atoms. The first kappa shape index (κ1) is 18.0. The number of hydrogen-bond acceptors (Lipinski definition) is 3. The van der Waals surface area contributed by atoms with Gasteiger partial charge in [0, 0.05) is 30.0 Å². The Labute approximate surface area is 169 Å². The van der Waals surface area contributed by atoms with Gasteiger partial charge in [-0.3, -0.25) is 4.79 Å². The third-order valence-corrected chi connectivity index (χ3v) is 6.25. The van der Waals surface area contributed by atoms with Crippen molar-refractivity contribution in [3.63, 3.8) is 0 Å². The second-order valence-electron chi connectivity index (χ2n) is 8.22. The number of aromatic nitrogens is 2. The van der Waals surface area contributed by atoms with Crippen LogP contribution < -0.4 is 0 Å². The van der Waals surface area contributed by atoms with Gasteiger partial charge in [-0.25, -0.2) is 4.98 Å². The summed E-state index contributed by atoms with van der Waals surface area (Å²) in [6.07, 6.45) is 1.99. The van der Waals surface area contributed by atoms with Gasteiger partial charge in [0.2, 0.25) is 0 Å². The van der Waals surface area contributed by atoms with E-state index >= 15 is 0 Å². The Morgan fingerprint density at radius 1 is 1.17 bits per heavy atom. The zero-order valence-electron chi connectivity index (χ0n) is 17.1. The van der Waals surface area contributed by atoms with Crippen molar-refractivity contribution in [3.8, 4) is 0 Å². The lowest BCUT2D eigenvalue weighted by Crippen LogP contribution is -2.39. The number of carbonyl (C=O) groups excluding carboxylic acids is 1. The summed E-state index contributed by atoms with van der Waals surface area (Å²) in [7, 11) is 0. The third kappa shape index (κ3) is 3.01. The highest BCUT2D eigenvalue weighted by Gasteiger charge is 2.30. The van der Waals surface area contributed by atoms with Gasteiger partial charge in [0.25, 0.3) is 5.91 Å². The average molecular weight is 387 g/mol. The lowest BCUT2D eigenvalue weighted by Gasteiger charge is -2.31. The van der Waals surface area contributed by atoms with Crippen LogP contribution in [0.2, 0.25) is 0 Å². The van der Waals surface area contributed by atoms with Gasteiger partial charge in [0.05, 0.1) is 11.0 Å². The molecule has 1 aliphatic rings. The van der Waals surface area contributed by atoms with Crippen molar-refractivity contribution < 1.29 is 9.21 Å². The van der Waals surface area contributed by atoms with Gasteiger partial charge in [0.1, 0.15) is 11.4 Å². The molecule has 1 N–H and O–H groups in total.